The summed E-state index contributed by atoms with van der Waals surface area (Å²) in [4.78, 5) is 11.4. The fraction of sp³-hybridized carbons (Fsp3) is 0.900. The fourth-order valence-electron chi connectivity index (χ4n) is 0.702. The van der Waals surface area contributed by atoms with Gasteiger partial charge in [-0.05, 0) is 14.0 Å². The molecule has 0 rings (SSSR count). The van der Waals surface area contributed by atoms with Crippen molar-refractivity contribution in [3.63, 3.8) is 0 Å². The predicted molar refractivity (Wildman–Crippen MR) is 63.7 cm³/mol. The van der Waals surface area contributed by atoms with Gasteiger partial charge in [-0.25, -0.2) is 0 Å². The van der Waals surface area contributed by atoms with Gasteiger partial charge >= 0.3 is 0 Å². The van der Waals surface area contributed by atoms with Gasteiger partial charge in [0.2, 0.25) is 5.91 Å². The van der Waals surface area contributed by atoms with Crippen LogP contribution in [-0.4, -0.2) is 36.0 Å². The molecule has 0 aliphatic carbocycles. The van der Waals surface area contributed by atoms with Crippen molar-refractivity contribution in [1.29, 1.82) is 0 Å². The molecule has 0 fully saturated rings. The van der Waals surface area contributed by atoms with Crippen LogP contribution in [0, 0.1) is 0 Å². The molecule has 0 radical (unpaired) electrons. The van der Waals surface area contributed by atoms with E-state index in [0.717, 1.165) is 0 Å². The van der Waals surface area contributed by atoms with Gasteiger partial charge in [-0.15, -0.1) is 11.8 Å². The van der Waals surface area contributed by atoms with Crippen LogP contribution in [0.1, 0.15) is 27.7 Å². The van der Waals surface area contributed by atoms with Crippen molar-refractivity contribution >= 4 is 17.7 Å². The quantitative estimate of drug-likeness (QED) is 0.729. The molecular weight excluding hydrogens is 196 g/mol. The molecule has 1 unspecified atom stereocenters. The molecule has 0 bridgehead atoms. The summed E-state index contributed by atoms with van der Waals surface area (Å²) in [6.07, 6.45) is 0. The van der Waals surface area contributed by atoms with E-state index in [1.807, 2.05) is 14.0 Å². The van der Waals surface area contributed by atoms with Crippen molar-refractivity contribution in [3.05, 3.63) is 0 Å². The van der Waals surface area contributed by atoms with Crippen LogP contribution in [0.5, 0.6) is 0 Å². The van der Waals surface area contributed by atoms with Gasteiger partial charge in [0.15, 0.2) is 0 Å². The molecule has 2 N–H and O–H groups in total. The Bertz CT molecular complexity index is 177. The molecule has 0 aromatic rings. The average molecular weight is 218 g/mol. The minimum Gasteiger partial charge on any atom is -0.354 e. The maximum Gasteiger partial charge on any atom is 0.230 e. The van der Waals surface area contributed by atoms with E-state index in [2.05, 4.69) is 31.4 Å². The monoisotopic (exact) mass is 218 g/mol. The van der Waals surface area contributed by atoms with Crippen LogP contribution in [0.2, 0.25) is 0 Å². The predicted octanol–water partition coefficient (Wildman–Crippen LogP) is 1.24. The maximum atomic E-state index is 11.4. The van der Waals surface area contributed by atoms with E-state index in [0.29, 0.717) is 18.3 Å². The van der Waals surface area contributed by atoms with Crippen LogP contribution in [0.3, 0.4) is 0 Å². The summed E-state index contributed by atoms with van der Waals surface area (Å²) in [5, 5.41) is 5.95. The number of likely N-dealkylation sites (N-methyl/N-ethyl adjacent to an activating group) is 1. The van der Waals surface area contributed by atoms with Crippen LogP contribution in [0.15, 0.2) is 0 Å². The number of rotatable bonds is 5. The zero-order valence-electron chi connectivity index (χ0n) is 9.81. The minimum atomic E-state index is 0.118. The summed E-state index contributed by atoms with van der Waals surface area (Å²) < 4.78 is 0.159. The molecule has 0 saturated carbocycles. The molecule has 0 heterocycles. The van der Waals surface area contributed by atoms with E-state index in [4.69, 9.17) is 0 Å². The highest BCUT2D eigenvalue weighted by molar-refractivity contribution is 8.01. The van der Waals surface area contributed by atoms with E-state index >= 15 is 0 Å². The number of amides is 1. The summed E-state index contributed by atoms with van der Waals surface area (Å²) in [5.41, 5.74) is 0. The minimum absolute atomic E-state index is 0.118. The van der Waals surface area contributed by atoms with Crippen LogP contribution < -0.4 is 10.6 Å². The molecule has 1 atom stereocenters. The zero-order valence-corrected chi connectivity index (χ0v) is 10.6. The molecule has 0 aromatic heterocycles. The van der Waals surface area contributed by atoms with E-state index in [-0.39, 0.29) is 10.7 Å². The molecule has 1 amide bonds. The van der Waals surface area contributed by atoms with Gasteiger partial charge in [0.05, 0.1) is 5.75 Å². The van der Waals surface area contributed by atoms with Crippen LogP contribution in [0.4, 0.5) is 0 Å². The average Bonchev–Trinajstić information content (AvgIpc) is 2.09. The van der Waals surface area contributed by atoms with Gasteiger partial charge in [0, 0.05) is 17.3 Å². The third-order valence-electron chi connectivity index (χ3n) is 1.73. The van der Waals surface area contributed by atoms with Gasteiger partial charge in [-0.2, -0.15) is 0 Å². The second-order valence-electron chi connectivity index (χ2n) is 4.39. The summed E-state index contributed by atoms with van der Waals surface area (Å²) in [7, 11) is 1.89. The second kappa shape index (κ2) is 6.30. The summed E-state index contributed by atoms with van der Waals surface area (Å²) >= 11 is 1.67. The number of carbonyl (C=O) groups excluding carboxylic acids is 1. The van der Waals surface area contributed by atoms with Crippen molar-refractivity contribution in [2.24, 2.45) is 0 Å². The summed E-state index contributed by atoms with van der Waals surface area (Å²) in [6, 6.07) is 0.332. The molecule has 0 aromatic carbocycles. The highest BCUT2D eigenvalue weighted by Gasteiger charge is 2.13. The molecule has 14 heavy (non-hydrogen) atoms. The number of nitrogens with one attached hydrogen (secondary N) is 2. The first kappa shape index (κ1) is 13.8. The van der Waals surface area contributed by atoms with E-state index in [1.54, 1.807) is 11.8 Å². The smallest absolute Gasteiger partial charge is 0.230 e. The van der Waals surface area contributed by atoms with Gasteiger partial charge in [-0.1, -0.05) is 20.8 Å². The number of hydrogen-bond acceptors (Lipinski definition) is 3. The highest BCUT2D eigenvalue weighted by Crippen LogP contribution is 2.22. The van der Waals surface area contributed by atoms with Gasteiger partial charge in [0.1, 0.15) is 0 Å². The lowest BCUT2D eigenvalue weighted by Crippen LogP contribution is -2.38. The number of carbonyl (C=O) groups is 1. The topological polar surface area (TPSA) is 41.1 Å². The largest absolute Gasteiger partial charge is 0.354 e. The Labute approximate surface area is 91.4 Å². The Hall–Kier alpha value is -0.220. The first-order valence-electron chi connectivity index (χ1n) is 4.93. The maximum absolute atomic E-state index is 11.4. The Kier molecular flexibility index (Phi) is 6.20. The van der Waals surface area contributed by atoms with Crippen molar-refractivity contribution in [2.45, 2.75) is 38.5 Å². The molecular formula is C10H22N2OS. The molecule has 4 heteroatoms. The van der Waals surface area contributed by atoms with E-state index in [1.165, 1.54) is 0 Å². The molecule has 0 aliphatic rings. The fourth-order valence-corrected chi connectivity index (χ4v) is 1.37. The molecule has 3 nitrogen and oxygen atoms in total. The normalized spacial score (nSPS) is 13.8. The second-order valence-corrected chi connectivity index (χ2v) is 6.20. The van der Waals surface area contributed by atoms with Gasteiger partial charge < -0.3 is 10.6 Å². The van der Waals surface area contributed by atoms with Crippen molar-refractivity contribution in [1.82, 2.24) is 10.6 Å². The highest BCUT2D eigenvalue weighted by atomic mass is 32.2. The molecule has 0 spiro atoms. The summed E-state index contributed by atoms with van der Waals surface area (Å²) in [6.45, 7) is 9.07. The standard InChI is InChI=1S/C10H22N2OS/c1-8(11-5)6-12-9(13)7-14-10(2,3)4/h8,11H,6-7H2,1-5H3,(H,12,13). The molecule has 0 saturated heterocycles. The van der Waals surface area contributed by atoms with E-state index in [9.17, 15) is 4.79 Å². The first-order chi connectivity index (χ1) is 6.35. The Balaban J connectivity index is 3.57. The Morgan fingerprint density at radius 3 is 2.43 bits per heavy atom. The number of thioether (sulfide) groups is 1. The third kappa shape index (κ3) is 8.38. The zero-order chi connectivity index (χ0) is 11.2. The third-order valence-corrected chi connectivity index (χ3v) is 3.01. The molecule has 0 aliphatic heterocycles. The summed E-state index contributed by atoms with van der Waals surface area (Å²) in [5.74, 6) is 0.659. The van der Waals surface area contributed by atoms with Crippen LogP contribution >= 0.6 is 11.8 Å². The lowest BCUT2D eigenvalue weighted by Gasteiger charge is -2.17. The Morgan fingerprint density at radius 1 is 1.43 bits per heavy atom. The van der Waals surface area contributed by atoms with Gasteiger partial charge in [-0.3, -0.25) is 4.79 Å². The van der Waals surface area contributed by atoms with Crippen molar-refractivity contribution in [2.75, 3.05) is 19.3 Å². The van der Waals surface area contributed by atoms with Crippen molar-refractivity contribution in [3.8, 4) is 0 Å². The molecule has 84 valence electrons. The lowest BCUT2D eigenvalue weighted by atomic mass is 10.3. The first-order valence-corrected chi connectivity index (χ1v) is 5.91. The number of hydrogen-bond donors (Lipinski definition) is 2. The van der Waals surface area contributed by atoms with Crippen LogP contribution in [-0.2, 0) is 4.79 Å². The SMILES string of the molecule is CNC(C)CNC(=O)CSC(C)(C)C. The Morgan fingerprint density at radius 2 is 2.00 bits per heavy atom. The van der Waals surface area contributed by atoms with Crippen molar-refractivity contribution < 1.29 is 4.79 Å². The van der Waals surface area contributed by atoms with Crippen LogP contribution in [0.25, 0.3) is 0 Å². The lowest BCUT2D eigenvalue weighted by molar-refractivity contribution is -0.118. The van der Waals surface area contributed by atoms with E-state index < -0.39 is 0 Å². The van der Waals surface area contributed by atoms with Gasteiger partial charge in [0.25, 0.3) is 0 Å².